The van der Waals surface area contributed by atoms with E-state index in [0.717, 1.165) is 0 Å². The minimum absolute atomic E-state index is 0.0756. The third kappa shape index (κ3) is 11.0. The molecule has 0 bridgehead atoms. The van der Waals surface area contributed by atoms with Crippen LogP contribution in [0.1, 0.15) is 26.2 Å². The van der Waals surface area contributed by atoms with Crippen LogP contribution in [0.15, 0.2) is 0 Å². The van der Waals surface area contributed by atoms with E-state index in [-0.39, 0.29) is 11.5 Å². The van der Waals surface area contributed by atoms with Crippen LogP contribution in [0.5, 0.6) is 0 Å². The van der Waals surface area contributed by atoms with Crippen LogP contribution in [0.3, 0.4) is 0 Å². The number of hydrogen-bond acceptors (Lipinski definition) is 2. The second kappa shape index (κ2) is 9.49. The minimum Gasteiger partial charge on any atom is -0.316 e. The third-order valence-electron chi connectivity index (χ3n) is 3.81. The maximum absolute atomic E-state index is 13.7. The fourth-order valence-corrected chi connectivity index (χ4v) is 8.43. The molecule has 0 aromatic rings. The zero-order chi connectivity index (χ0) is 19.9. The lowest BCUT2D eigenvalue weighted by atomic mass is 10.2. The predicted molar refractivity (Wildman–Crippen MR) is 86.9 cm³/mol. The molecule has 0 spiro atoms. The normalized spacial score (nSPS) is 14.5. The van der Waals surface area contributed by atoms with Crippen LogP contribution in [0.2, 0.25) is 31.2 Å². The lowest BCUT2D eigenvalue weighted by molar-refractivity contribution is -0.348. The summed E-state index contributed by atoms with van der Waals surface area (Å²) in [4.78, 5) is 10.9. The molecule has 2 nitrogen and oxygen atoms in total. The van der Waals surface area contributed by atoms with E-state index in [2.05, 4.69) is 4.74 Å². The number of hydrogen-bond donors (Lipinski definition) is 0. The van der Waals surface area contributed by atoms with Gasteiger partial charge in [0.1, 0.15) is 14.9 Å². The lowest BCUT2D eigenvalue weighted by Gasteiger charge is -2.29. The van der Waals surface area contributed by atoms with Gasteiger partial charge in [0.15, 0.2) is 0 Å². The van der Waals surface area contributed by atoms with E-state index in [1.807, 2.05) is 0 Å². The Balaban J connectivity index is 4.43. The van der Waals surface area contributed by atoms with Gasteiger partial charge >= 0.3 is 18.2 Å². The molecule has 0 aliphatic carbocycles. The van der Waals surface area contributed by atoms with Gasteiger partial charge in [0.25, 0.3) is 0 Å². The molecule has 150 valence electrons. The predicted octanol–water partition coefficient (Wildman–Crippen LogP) is 4.81. The van der Waals surface area contributed by atoms with Crippen molar-refractivity contribution < 1.29 is 40.3 Å². The van der Waals surface area contributed by atoms with Gasteiger partial charge in [-0.05, 0) is 13.3 Å². The van der Waals surface area contributed by atoms with Crippen molar-refractivity contribution in [3.63, 3.8) is 0 Å². The first-order valence-electron chi connectivity index (χ1n) is 8.04. The van der Waals surface area contributed by atoms with Crippen LogP contribution in [0, 0.1) is 0 Å². The summed E-state index contributed by atoms with van der Waals surface area (Å²) >= 11 is 0. The standard InChI is InChI=1S/C14H25F7O2Si2/c1-11(22)24-8-10-25(2,3)9-6-12(15,16)14(20,21)23-7-4-5-13(17,18)19/h4-10,24H2,1-3H3. The Morgan fingerprint density at radius 2 is 1.56 bits per heavy atom. The Morgan fingerprint density at radius 3 is 2.04 bits per heavy atom. The van der Waals surface area contributed by atoms with Crippen molar-refractivity contribution in [2.24, 2.45) is 0 Å². The van der Waals surface area contributed by atoms with Crippen LogP contribution < -0.4 is 0 Å². The molecule has 0 rings (SSSR count). The van der Waals surface area contributed by atoms with Gasteiger partial charge in [-0.25, -0.2) is 0 Å². The molecule has 0 aliphatic heterocycles. The highest BCUT2D eigenvalue weighted by molar-refractivity contribution is 6.80. The zero-order valence-corrected chi connectivity index (χ0v) is 17.0. The van der Waals surface area contributed by atoms with Gasteiger partial charge in [-0.15, -0.1) is 0 Å². The molecule has 0 N–H and O–H groups in total. The summed E-state index contributed by atoms with van der Waals surface area (Å²) in [5, 5.41) is 0.119. The molecule has 0 unspecified atom stereocenters. The van der Waals surface area contributed by atoms with Crippen molar-refractivity contribution in [3.8, 4) is 0 Å². The highest BCUT2D eigenvalue weighted by Gasteiger charge is 2.57. The monoisotopic (exact) mass is 414 g/mol. The summed E-state index contributed by atoms with van der Waals surface area (Å²) in [7, 11) is -3.05. The molecule has 25 heavy (non-hydrogen) atoms. The average Bonchev–Trinajstić information content (AvgIpc) is 2.40. The minimum atomic E-state index is -4.79. The molecule has 0 aromatic carbocycles. The van der Waals surface area contributed by atoms with Gasteiger partial charge in [0.2, 0.25) is 0 Å². The summed E-state index contributed by atoms with van der Waals surface area (Å²) < 4.78 is 93.9. The van der Waals surface area contributed by atoms with Crippen LogP contribution in [-0.2, 0) is 9.53 Å². The lowest BCUT2D eigenvalue weighted by Crippen LogP contribution is -2.44. The molecule has 0 fully saturated rings. The molecule has 0 amide bonds. The molecule has 0 heterocycles. The van der Waals surface area contributed by atoms with Crippen molar-refractivity contribution in [2.45, 2.75) is 75.6 Å². The number of carbonyl (C=O) groups excluding carboxylic acids is 1. The Hall–Kier alpha value is -0.426. The molecule has 0 radical (unpaired) electrons. The van der Waals surface area contributed by atoms with Crippen molar-refractivity contribution in [1.82, 2.24) is 0 Å². The summed E-state index contributed by atoms with van der Waals surface area (Å²) in [6, 6.07) is 1.21. The summed E-state index contributed by atoms with van der Waals surface area (Å²) in [5.74, 6) is -4.44. The Labute approximate surface area is 146 Å². The van der Waals surface area contributed by atoms with E-state index in [0.29, 0.717) is 12.1 Å². The fourth-order valence-electron chi connectivity index (χ4n) is 2.16. The highest BCUT2D eigenvalue weighted by atomic mass is 28.3. The Kier molecular flexibility index (Phi) is 9.33. The second-order valence-electron chi connectivity index (χ2n) is 7.01. The van der Waals surface area contributed by atoms with Gasteiger partial charge in [0, 0.05) is 20.9 Å². The first-order valence-corrected chi connectivity index (χ1v) is 13.2. The summed E-state index contributed by atoms with van der Waals surface area (Å²) in [5.41, 5.74) is 0. The third-order valence-corrected chi connectivity index (χ3v) is 9.24. The zero-order valence-electron chi connectivity index (χ0n) is 14.6. The van der Waals surface area contributed by atoms with Gasteiger partial charge in [-0.3, -0.25) is 0 Å². The molecule has 0 aliphatic rings. The molecular weight excluding hydrogens is 389 g/mol. The molecule has 11 heteroatoms. The highest BCUT2D eigenvalue weighted by Crippen LogP contribution is 2.41. The van der Waals surface area contributed by atoms with E-state index >= 15 is 0 Å². The van der Waals surface area contributed by atoms with Crippen molar-refractivity contribution >= 4 is 23.0 Å². The number of ether oxygens (including phenoxy) is 1. The van der Waals surface area contributed by atoms with Gasteiger partial charge in [-0.1, -0.05) is 31.2 Å². The van der Waals surface area contributed by atoms with E-state index in [4.69, 9.17) is 0 Å². The van der Waals surface area contributed by atoms with Crippen molar-refractivity contribution in [2.75, 3.05) is 6.61 Å². The van der Waals surface area contributed by atoms with Crippen molar-refractivity contribution in [3.05, 3.63) is 0 Å². The molecule has 0 aromatic heterocycles. The Bertz CT molecular complexity index is 426. The number of halogens is 7. The van der Waals surface area contributed by atoms with Gasteiger partial charge in [0.05, 0.1) is 6.61 Å². The van der Waals surface area contributed by atoms with Crippen LogP contribution in [0.4, 0.5) is 30.7 Å². The number of rotatable bonds is 12. The van der Waals surface area contributed by atoms with Crippen LogP contribution in [-0.4, -0.2) is 47.8 Å². The number of alkyl halides is 7. The summed E-state index contributed by atoms with van der Waals surface area (Å²) in [6.45, 7) is 3.97. The van der Waals surface area contributed by atoms with E-state index in [9.17, 15) is 35.5 Å². The molecule has 0 atom stereocenters. The maximum atomic E-state index is 13.7. The Morgan fingerprint density at radius 1 is 1.00 bits per heavy atom. The fraction of sp³-hybridized carbons (Fsp3) is 0.929. The topological polar surface area (TPSA) is 26.3 Å². The second-order valence-corrected chi connectivity index (χ2v) is 14.5. The van der Waals surface area contributed by atoms with Crippen LogP contribution >= 0.6 is 0 Å². The maximum Gasteiger partial charge on any atom is 0.419 e. The van der Waals surface area contributed by atoms with Gasteiger partial charge < -0.3 is 9.53 Å². The molecular formula is C14H25F7O2Si2. The quantitative estimate of drug-likeness (QED) is 0.260. The van der Waals surface area contributed by atoms with E-state index in [1.54, 1.807) is 13.1 Å². The summed E-state index contributed by atoms with van der Waals surface area (Å²) in [6.07, 6.45) is -12.6. The number of carbonyl (C=O) groups is 1. The smallest absolute Gasteiger partial charge is 0.316 e. The average molecular weight is 415 g/mol. The molecule has 0 saturated carbocycles. The van der Waals surface area contributed by atoms with E-state index in [1.165, 1.54) is 6.92 Å². The van der Waals surface area contributed by atoms with Crippen LogP contribution in [0.25, 0.3) is 0 Å². The SMILES string of the molecule is CC(=O)[SiH2]CC[Si](C)(C)CCC(F)(F)C(F)(F)OCCCC(F)(F)F. The van der Waals surface area contributed by atoms with Gasteiger partial charge in [-0.2, -0.15) is 30.7 Å². The van der Waals surface area contributed by atoms with E-state index < -0.39 is 61.7 Å². The molecule has 0 saturated heterocycles. The first kappa shape index (κ1) is 24.6. The van der Waals surface area contributed by atoms with Crippen molar-refractivity contribution in [1.29, 1.82) is 0 Å². The first-order chi connectivity index (χ1) is 11.1. The largest absolute Gasteiger partial charge is 0.419 e.